The predicted octanol–water partition coefficient (Wildman–Crippen LogP) is 3.21. The van der Waals surface area contributed by atoms with Crippen LogP contribution in [0.15, 0.2) is 0 Å². The molecule has 0 spiro atoms. The Bertz CT molecular complexity index is 219. The lowest BCUT2D eigenvalue weighted by molar-refractivity contribution is 0.218. The van der Waals surface area contributed by atoms with Gasteiger partial charge in [-0.3, -0.25) is 0 Å². The second-order valence-electron chi connectivity index (χ2n) is 5.83. The summed E-state index contributed by atoms with van der Waals surface area (Å²) in [5.74, 6) is 1.09. The SMILES string of the molecule is CCC1(CC)CCN(CC2(CS)CC2)C1. The summed E-state index contributed by atoms with van der Waals surface area (Å²) in [6.07, 6.45) is 6.96. The van der Waals surface area contributed by atoms with Gasteiger partial charge in [-0.1, -0.05) is 13.8 Å². The lowest BCUT2D eigenvalue weighted by atomic mass is 9.82. The predicted molar refractivity (Wildman–Crippen MR) is 69.6 cm³/mol. The van der Waals surface area contributed by atoms with Gasteiger partial charge < -0.3 is 4.90 Å². The summed E-state index contributed by atoms with van der Waals surface area (Å²) in [7, 11) is 0. The molecule has 0 aromatic rings. The van der Waals surface area contributed by atoms with Crippen molar-refractivity contribution >= 4 is 12.6 Å². The molecule has 0 unspecified atom stereocenters. The van der Waals surface area contributed by atoms with Crippen LogP contribution in [0.3, 0.4) is 0 Å². The molecule has 88 valence electrons. The van der Waals surface area contributed by atoms with Crippen LogP contribution >= 0.6 is 12.6 Å². The van der Waals surface area contributed by atoms with E-state index in [9.17, 15) is 0 Å². The van der Waals surface area contributed by atoms with Gasteiger partial charge in [0.15, 0.2) is 0 Å². The molecular weight excluding hydrogens is 202 g/mol. The van der Waals surface area contributed by atoms with E-state index in [1.807, 2.05) is 0 Å². The largest absolute Gasteiger partial charge is 0.302 e. The van der Waals surface area contributed by atoms with Crippen LogP contribution in [0.2, 0.25) is 0 Å². The zero-order valence-electron chi connectivity index (χ0n) is 10.3. The summed E-state index contributed by atoms with van der Waals surface area (Å²) in [6.45, 7) is 8.71. The first kappa shape index (κ1) is 11.8. The molecule has 1 aliphatic carbocycles. The molecule has 2 heteroatoms. The zero-order chi connectivity index (χ0) is 10.9. The van der Waals surface area contributed by atoms with E-state index >= 15 is 0 Å². The fourth-order valence-electron chi connectivity index (χ4n) is 3.01. The standard InChI is InChI=1S/C13H25NS/c1-3-12(4-2)7-8-14(9-12)10-13(11-15)5-6-13/h15H,3-11H2,1-2H3. The highest BCUT2D eigenvalue weighted by molar-refractivity contribution is 7.80. The monoisotopic (exact) mass is 227 g/mol. The Morgan fingerprint density at radius 3 is 2.13 bits per heavy atom. The molecule has 2 aliphatic rings. The maximum atomic E-state index is 4.50. The van der Waals surface area contributed by atoms with Gasteiger partial charge >= 0.3 is 0 Å². The Labute approximate surface area is 100 Å². The first-order valence-electron chi connectivity index (χ1n) is 6.51. The van der Waals surface area contributed by atoms with Crippen molar-refractivity contribution in [1.82, 2.24) is 4.90 Å². The van der Waals surface area contributed by atoms with E-state index in [1.54, 1.807) is 0 Å². The average Bonchev–Trinajstić information content (AvgIpc) is 2.92. The van der Waals surface area contributed by atoms with E-state index in [2.05, 4.69) is 31.4 Å². The van der Waals surface area contributed by atoms with Gasteiger partial charge in [0.25, 0.3) is 0 Å². The molecule has 15 heavy (non-hydrogen) atoms. The van der Waals surface area contributed by atoms with Crippen molar-refractivity contribution in [2.75, 3.05) is 25.4 Å². The summed E-state index contributed by atoms with van der Waals surface area (Å²) in [5.41, 5.74) is 1.26. The van der Waals surface area contributed by atoms with Gasteiger partial charge in [-0.15, -0.1) is 0 Å². The summed E-state index contributed by atoms with van der Waals surface area (Å²) >= 11 is 4.50. The number of thiol groups is 1. The second kappa shape index (κ2) is 4.29. The van der Waals surface area contributed by atoms with Gasteiger partial charge in [-0.05, 0) is 55.2 Å². The number of likely N-dealkylation sites (tertiary alicyclic amines) is 1. The van der Waals surface area contributed by atoms with Crippen molar-refractivity contribution < 1.29 is 0 Å². The van der Waals surface area contributed by atoms with E-state index in [0.717, 1.165) is 5.75 Å². The van der Waals surface area contributed by atoms with Gasteiger partial charge in [-0.2, -0.15) is 12.6 Å². The molecule has 0 amide bonds. The van der Waals surface area contributed by atoms with Crippen molar-refractivity contribution in [2.45, 2.75) is 46.0 Å². The summed E-state index contributed by atoms with van der Waals surface area (Å²) < 4.78 is 0. The molecular formula is C13H25NS. The van der Waals surface area contributed by atoms with Gasteiger partial charge in [0, 0.05) is 13.1 Å². The Hall–Kier alpha value is 0.310. The molecule has 1 saturated carbocycles. The third-order valence-corrected chi connectivity index (χ3v) is 5.54. The minimum Gasteiger partial charge on any atom is -0.302 e. The third-order valence-electron chi connectivity index (χ3n) is 4.87. The van der Waals surface area contributed by atoms with Crippen LogP contribution in [0, 0.1) is 10.8 Å². The van der Waals surface area contributed by atoms with E-state index < -0.39 is 0 Å². The molecule has 0 N–H and O–H groups in total. The van der Waals surface area contributed by atoms with Crippen LogP contribution in [0.25, 0.3) is 0 Å². The van der Waals surface area contributed by atoms with E-state index in [4.69, 9.17) is 0 Å². The molecule has 0 atom stereocenters. The van der Waals surface area contributed by atoms with Gasteiger partial charge in [0.1, 0.15) is 0 Å². The highest BCUT2D eigenvalue weighted by Gasteiger charge is 2.45. The minimum absolute atomic E-state index is 0.612. The third kappa shape index (κ3) is 2.36. The smallest absolute Gasteiger partial charge is 0.00460 e. The van der Waals surface area contributed by atoms with Gasteiger partial charge in [0.2, 0.25) is 0 Å². The Kier molecular flexibility index (Phi) is 3.37. The minimum atomic E-state index is 0.612. The van der Waals surface area contributed by atoms with Crippen molar-refractivity contribution in [3.05, 3.63) is 0 Å². The molecule has 0 aromatic carbocycles. The second-order valence-corrected chi connectivity index (χ2v) is 6.14. The molecule has 2 fully saturated rings. The lowest BCUT2D eigenvalue weighted by Crippen LogP contribution is -2.32. The summed E-state index contributed by atoms with van der Waals surface area (Å²) in [4.78, 5) is 2.70. The van der Waals surface area contributed by atoms with Crippen molar-refractivity contribution in [1.29, 1.82) is 0 Å². The van der Waals surface area contributed by atoms with Gasteiger partial charge in [0.05, 0.1) is 0 Å². The molecule has 2 rings (SSSR count). The number of nitrogens with zero attached hydrogens (tertiary/aromatic N) is 1. The van der Waals surface area contributed by atoms with Crippen molar-refractivity contribution in [2.24, 2.45) is 10.8 Å². The Morgan fingerprint density at radius 1 is 1.07 bits per heavy atom. The fraction of sp³-hybridized carbons (Fsp3) is 1.00. The van der Waals surface area contributed by atoms with E-state index in [1.165, 1.54) is 51.7 Å². The first-order valence-corrected chi connectivity index (χ1v) is 7.14. The van der Waals surface area contributed by atoms with Crippen LogP contribution < -0.4 is 0 Å². The van der Waals surface area contributed by atoms with Crippen LogP contribution in [-0.4, -0.2) is 30.3 Å². The highest BCUT2D eigenvalue weighted by Crippen LogP contribution is 2.48. The quantitative estimate of drug-likeness (QED) is 0.706. The number of hydrogen-bond acceptors (Lipinski definition) is 2. The normalized spacial score (nSPS) is 28.2. The maximum Gasteiger partial charge on any atom is 0.00460 e. The van der Waals surface area contributed by atoms with Crippen LogP contribution in [0.4, 0.5) is 0 Å². The Balaban J connectivity index is 1.87. The van der Waals surface area contributed by atoms with Crippen molar-refractivity contribution in [3.8, 4) is 0 Å². The first-order chi connectivity index (χ1) is 7.17. The average molecular weight is 227 g/mol. The Morgan fingerprint density at radius 2 is 1.73 bits per heavy atom. The number of hydrogen-bond donors (Lipinski definition) is 1. The van der Waals surface area contributed by atoms with Crippen LogP contribution in [0.1, 0.15) is 46.0 Å². The molecule has 0 radical (unpaired) electrons. The van der Waals surface area contributed by atoms with E-state index in [0.29, 0.717) is 10.8 Å². The van der Waals surface area contributed by atoms with E-state index in [-0.39, 0.29) is 0 Å². The molecule has 1 saturated heterocycles. The van der Waals surface area contributed by atoms with Crippen LogP contribution in [0.5, 0.6) is 0 Å². The summed E-state index contributed by atoms with van der Waals surface area (Å²) in [5, 5.41) is 0. The topological polar surface area (TPSA) is 3.24 Å². The summed E-state index contributed by atoms with van der Waals surface area (Å²) in [6, 6.07) is 0. The number of rotatable bonds is 5. The fourth-order valence-corrected chi connectivity index (χ4v) is 3.42. The maximum absolute atomic E-state index is 4.50. The van der Waals surface area contributed by atoms with Crippen LogP contribution in [-0.2, 0) is 0 Å². The molecule has 0 bridgehead atoms. The molecule has 1 aliphatic heterocycles. The molecule has 0 aromatic heterocycles. The highest BCUT2D eigenvalue weighted by atomic mass is 32.1. The molecule has 1 nitrogen and oxygen atoms in total. The van der Waals surface area contributed by atoms with Gasteiger partial charge in [-0.25, -0.2) is 0 Å². The lowest BCUT2D eigenvalue weighted by Gasteiger charge is -2.28. The molecule has 1 heterocycles. The zero-order valence-corrected chi connectivity index (χ0v) is 11.2. The van der Waals surface area contributed by atoms with Crippen molar-refractivity contribution in [3.63, 3.8) is 0 Å².